The molecule has 0 saturated carbocycles. The second kappa shape index (κ2) is 12.8. The Balaban J connectivity index is 1.67. The molecule has 0 spiro atoms. The first-order valence-corrected chi connectivity index (χ1v) is 12.2. The number of para-hydroxylation sites is 2. The summed E-state index contributed by atoms with van der Waals surface area (Å²) in [7, 11) is 3.15. The van der Waals surface area contributed by atoms with Crippen LogP contribution in [0.1, 0.15) is 38.1 Å². The van der Waals surface area contributed by atoms with Gasteiger partial charge in [0.05, 0.1) is 31.7 Å². The van der Waals surface area contributed by atoms with Crippen molar-refractivity contribution in [2.75, 3.05) is 33.9 Å². The summed E-state index contributed by atoms with van der Waals surface area (Å²) >= 11 is 0. The number of nitrogens with zero attached hydrogens (tertiary/aromatic N) is 3. The minimum absolute atomic E-state index is 0.0898. The van der Waals surface area contributed by atoms with Gasteiger partial charge >= 0.3 is 0 Å². The van der Waals surface area contributed by atoms with Crippen molar-refractivity contribution in [1.29, 1.82) is 0 Å². The Hall–Kier alpha value is -3.55. The van der Waals surface area contributed by atoms with Gasteiger partial charge in [-0.05, 0) is 42.7 Å². The molecule has 0 bridgehead atoms. The zero-order valence-electron chi connectivity index (χ0n) is 21.2. The van der Waals surface area contributed by atoms with Gasteiger partial charge in [0.1, 0.15) is 12.4 Å². The van der Waals surface area contributed by atoms with E-state index in [0.29, 0.717) is 24.5 Å². The third-order valence-corrected chi connectivity index (χ3v) is 5.85. The van der Waals surface area contributed by atoms with Gasteiger partial charge in [-0.25, -0.2) is 4.98 Å². The SMILES string of the molecule is CCCN(CCC)C(=O)Cn1c(CCNC(=O)Cc2ccc(OC)c(OC)c2)nc2ccccc21. The van der Waals surface area contributed by atoms with Crippen LogP contribution >= 0.6 is 0 Å². The fraction of sp³-hybridized carbons (Fsp3) is 0.444. The highest BCUT2D eigenvalue weighted by Crippen LogP contribution is 2.27. The van der Waals surface area contributed by atoms with Crippen LogP contribution in [0.3, 0.4) is 0 Å². The monoisotopic (exact) mass is 480 g/mol. The lowest BCUT2D eigenvalue weighted by atomic mass is 10.1. The Morgan fingerprint density at radius 3 is 2.40 bits per heavy atom. The van der Waals surface area contributed by atoms with Crippen LogP contribution in [0.2, 0.25) is 0 Å². The predicted octanol–water partition coefficient (Wildman–Crippen LogP) is 3.60. The molecule has 1 heterocycles. The molecule has 2 aromatic carbocycles. The fourth-order valence-corrected chi connectivity index (χ4v) is 4.18. The van der Waals surface area contributed by atoms with Crippen molar-refractivity contribution < 1.29 is 19.1 Å². The predicted molar refractivity (Wildman–Crippen MR) is 137 cm³/mol. The van der Waals surface area contributed by atoms with Gasteiger partial charge < -0.3 is 24.3 Å². The number of rotatable bonds is 13. The van der Waals surface area contributed by atoms with Gasteiger partial charge in [0, 0.05) is 26.1 Å². The first kappa shape index (κ1) is 26.1. The van der Waals surface area contributed by atoms with Crippen LogP contribution < -0.4 is 14.8 Å². The molecule has 0 saturated heterocycles. The number of fused-ring (bicyclic) bond motifs is 1. The molecule has 8 heteroatoms. The number of hydrogen-bond acceptors (Lipinski definition) is 5. The largest absolute Gasteiger partial charge is 0.493 e. The van der Waals surface area contributed by atoms with Crippen molar-refractivity contribution in [2.45, 2.75) is 46.1 Å². The van der Waals surface area contributed by atoms with Crippen LogP contribution in [0.5, 0.6) is 11.5 Å². The smallest absolute Gasteiger partial charge is 0.242 e. The van der Waals surface area contributed by atoms with Crippen LogP contribution in [-0.2, 0) is 29.0 Å². The van der Waals surface area contributed by atoms with E-state index in [0.717, 1.165) is 48.4 Å². The highest BCUT2D eigenvalue weighted by Gasteiger charge is 2.18. The molecule has 0 aliphatic rings. The molecule has 0 aliphatic heterocycles. The topological polar surface area (TPSA) is 85.7 Å². The Labute approximate surface area is 207 Å². The maximum Gasteiger partial charge on any atom is 0.242 e. The van der Waals surface area contributed by atoms with Gasteiger partial charge in [0.15, 0.2) is 11.5 Å². The van der Waals surface area contributed by atoms with Gasteiger partial charge in [-0.15, -0.1) is 0 Å². The van der Waals surface area contributed by atoms with Crippen LogP contribution in [0.4, 0.5) is 0 Å². The third kappa shape index (κ3) is 6.74. The number of benzene rings is 2. The molecular weight excluding hydrogens is 444 g/mol. The summed E-state index contributed by atoms with van der Waals surface area (Å²) in [6.45, 7) is 6.34. The van der Waals surface area contributed by atoms with Gasteiger partial charge in [-0.2, -0.15) is 0 Å². The number of ether oxygens (including phenoxy) is 2. The molecule has 1 N–H and O–H groups in total. The molecule has 188 valence electrons. The molecule has 0 radical (unpaired) electrons. The van der Waals surface area contributed by atoms with E-state index in [1.54, 1.807) is 20.3 Å². The Bertz CT molecular complexity index is 1140. The van der Waals surface area contributed by atoms with E-state index < -0.39 is 0 Å². The van der Waals surface area contributed by atoms with E-state index in [4.69, 9.17) is 14.5 Å². The van der Waals surface area contributed by atoms with Gasteiger partial charge in [0.25, 0.3) is 0 Å². The Morgan fingerprint density at radius 2 is 1.71 bits per heavy atom. The van der Waals surface area contributed by atoms with Crippen molar-refractivity contribution in [3.63, 3.8) is 0 Å². The molecule has 8 nitrogen and oxygen atoms in total. The fourth-order valence-electron chi connectivity index (χ4n) is 4.18. The van der Waals surface area contributed by atoms with E-state index in [-0.39, 0.29) is 24.8 Å². The van der Waals surface area contributed by atoms with Crippen molar-refractivity contribution in [3.8, 4) is 11.5 Å². The van der Waals surface area contributed by atoms with E-state index in [1.165, 1.54) is 0 Å². The maximum absolute atomic E-state index is 13.1. The van der Waals surface area contributed by atoms with Crippen molar-refractivity contribution >= 4 is 22.8 Å². The van der Waals surface area contributed by atoms with E-state index in [1.807, 2.05) is 45.9 Å². The molecule has 0 aliphatic carbocycles. The minimum atomic E-state index is -0.0898. The Morgan fingerprint density at radius 1 is 1.00 bits per heavy atom. The summed E-state index contributed by atoms with van der Waals surface area (Å²) in [5.41, 5.74) is 2.62. The quantitative estimate of drug-likeness (QED) is 0.404. The van der Waals surface area contributed by atoms with Gasteiger partial charge in [0.2, 0.25) is 11.8 Å². The zero-order valence-corrected chi connectivity index (χ0v) is 21.2. The molecule has 0 unspecified atom stereocenters. The second-order valence-electron chi connectivity index (χ2n) is 8.45. The normalized spacial score (nSPS) is 10.9. The lowest BCUT2D eigenvalue weighted by Gasteiger charge is -2.22. The third-order valence-electron chi connectivity index (χ3n) is 5.85. The van der Waals surface area contributed by atoms with Crippen LogP contribution in [0.15, 0.2) is 42.5 Å². The van der Waals surface area contributed by atoms with Gasteiger partial charge in [-0.3, -0.25) is 9.59 Å². The molecule has 0 fully saturated rings. The van der Waals surface area contributed by atoms with Crippen LogP contribution in [0.25, 0.3) is 11.0 Å². The maximum atomic E-state index is 13.1. The summed E-state index contributed by atoms with van der Waals surface area (Å²) < 4.78 is 12.6. The average molecular weight is 481 g/mol. The van der Waals surface area contributed by atoms with E-state index in [2.05, 4.69) is 19.2 Å². The lowest BCUT2D eigenvalue weighted by Crippen LogP contribution is -2.35. The number of aromatic nitrogens is 2. The number of imidazole rings is 1. The molecular formula is C27H36N4O4. The molecule has 3 rings (SSSR count). The number of amides is 2. The zero-order chi connectivity index (χ0) is 25.2. The standard InChI is InChI=1S/C27H36N4O4/c1-5-15-30(16-6-2)27(33)19-31-22-10-8-7-9-21(22)29-25(31)13-14-28-26(32)18-20-11-12-23(34-3)24(17-20)35-4/h7-12,17H,5-6,13-16,18-19H2,1-4H3,(H,28,32). The molecule has 35 heavy (non-hydrogen) atoms. The number of carbonyl (C=O) groups excluding carboxylic acids is 2. The van der Waals surface area contributed by atoms with Crippen molar-refractivity contribution in [1.82, 2.24) is 19.8 Å². The average Bonchev–Trinajstić information content (AvgIpc) is 3.20. The highest BCUT2D eigenvalue weighted by atomic mass is 16.5. The minimum Gasteiger partial charge on any atom is -0.493 e. The summed E-state index contributed by atoms with van der Waals surface area (Å²) in [5, 5.41) is 2.97. The first-order chi connectivity index (χ1) is 17.0. The lowest BCUT2D eigenvalue weighted by molar-refractivity contribution is -0.132. The van der Waals surface area contributed by atoms with Crippen molar-refractivity contribution in [2.24, 2.45) is 0 Å². The van der Waals surface area contributed by atoms with Crippen LogP contribution in [-0.4, -0.2) is 60.1 Å². The summed E-state index contributed by atoms with van der Waals surface area (Å²) in [4.78, 5) is 32.3. The van der Waals surface area contributed by atoms with Gasteiger partial charge in [-0.1, -0.05) is 32.0 Å². The number of carbonyl (C=O) groups is 2. The second-order valence-corrected chi connectivity index (χ2v) is 8.45. The first-order valence-electron chi connectivity index (χ1n) is 12.2. The number of nitrogens with one attached hydrogen (secondary N) is 1. The molecule has 2 amide bonds. The van der Waals surface area contributed by atoms with E-state index >= 15 is 0 Å². The van der Waals surface area contributed by atoms with E-state index in [9.17, 15) is 9.59 Å². The van der Waals surface area contributed by atoms with Crippen molar-refractivity contribution in [3.05, 3.63) is 53.9 Å². The number of hydrogen-bond donors (Lipinski definition) is 1. The molecule has 3 aromatic rings. The summed E-state index contributed by atoms with van der Waals surface area (Å²) in [5.74, 6) is 2.01. The summed E-state index contributed by atoms with van der Waals surface area (Å²) in [6, 6.07) is 13.3. The molecule has 0 atom stereocenters. The summed E-state index contributed by atoms with van der Waals surface area (Å²) in [6.07, 6.45) is 2.62. The highest BCUT2D eigenvalue weighted by molar-refractivity contribution is 5.81. The number of methoxy groups -OCH3 is 2. The molecule has 1 aromatic heterocycles. The Kier molecular flexibility index (Phi) is 9.52. The van der Waals surface area contributed by atoms with Crippen LogP contribution in [0, 0.1) is 0 Å².